The third-order valence-corrected chi connectivity index (χ3v) is 7.96. The van der Waals surface area contributed by atoms with E-state index < -0.39 is 12.6 Å². The lowest BCUT2D eigenvalue weighted by Crippen LogP contribution is -2.56. The van der Waals surface area contributed by atoms with E-state index in [1.807, 2.05) is 0 Å². The molecule has 1 saturated heterocycles. The first-order valence-corrected chi connectivity index (χ1v) is 12.0. The van der Waals surface area contributed by atoms with Gasteiger partial charge in [-0.15, -0.1) is 11.3 Å². The first kappa shape index (κ1) is 20.8. The highest BCUT2D eigenvalue weighted by Crippen LogP contribution is 2.48. The maximum Gasteiger partial charge on any atom is 0.393 e. The van der Waals surface area contributed by atoms with Crippen molar-refractivity contribution in [2.24, 2.45) is 5.41 Å². The molecule has 3 aromatic heterocycles. The van der Waals surface area contributed by atoms with Crippen LogP contribution in [0.4, 0.5) is 24.7 Å². The zero-order valence-electron chi connectivity index (χ0n) is 18.2. The second kappa shape index (κ2) is 7.35. The molecular formula is C24H24F3N5S. The highest BCUT2D eigenvalue weighted by Gasteiger charge is 2.49. The summed E-state index contributed by atoms with van der Waals surface area (Å²) in [6.07, 6.45) is -0.328. The van der Waals surface area contributed by atoms with Crippen molar-refractivity contribution in [2.75, 3.05) is 23.3 Å². The number of aromatic nitrogens is 3. The summed E-state index contributed by atoms with van der Waals surface area (Å²) in [6.45, 7) is 3.84. The maximum atomic E-state index is 12.8. The zero-order chi connectivity index (χ0) is 22.8. The highest BCUT2D eigenvalue weighted by atomic mass is 32.1. The highest BCUT2D eigenvalue weighted by molar-refractivity contribution is 7.18. The van der Waals surface area contributed by atoms with Gasteiger partial charge in [-0.05, 0) is 55.8 Å². The monoisotopic (exact) mass is 471 g/mol. The maximum absolute atomic E-state index is 12.8. The van der Waals surface area contributed by atoms with Crippen LogP contribution in [0.1, 0.15) is 29.8 Å². The third-order valence-electron chi connectivity index (χ3n) is 6.92. The fourth-order valence-corrected chi connectivity index (χ4v) is 6.58. The van der Waals surface area contributed by atoms with Crippen LogP contribution in [-0.2, 0) is 6.42 Å². The van der Waals surface area contributed by atoms with Crippen molar-refractivity contribution in [1.82, 2.24) is 15.0 Å². The van der Waals surface area contributed by atoms with Crippen molar-refractivity contribution in [3.8, 4) is 0 Å². The molecule has 33 heavy (non-hydrogen) atoms. The molecule has 1 spiro atoms. The first-order valence-electron chi connectivity index (χ1n) is 11.2. The van der Waals surface area contributed by atoms with Gasteiger partial charge in [0.1, 0.15) is 17.0 Å². The van der Waals surface area contributed by atoms with Crippen LogP contribution in [0.15, 0.2) is 36.7 Å². The van der Waals surface area contributed by atoms with Crippen LogP contribution in [0.5, 0.6) is 0 Å². The second-order valence-electron chi connectivity index (χ2n) is 9.62. The molecule has 5 nitrogen and oxygen atoms in total. The molecule has 1 aromatic carbocycles. The number of fused-ring (bicyclic) bond motifs is 2. The lowest BCUT2D eigenvalue weighted by atomic mass is 9.78. The standard InChI is InChI=1S/C24H24F3N5S/c1-14-6-15-2-3-16(7-20(15)30-14)31-17-4-5-23(9-17)11-32(12-23)21-19-8-18(10-24(25,26)27)33-22(19)29-13-28-21/h2-3,6-8,13,17,30-31H,4-5,9-12H2,1H3. The summed E-state index contributed by atoms with van der Waals surface area (Å²) in [7, 11) is 0. The lowest BCUT2D eigenvalue weighted by Gasteiger charge is -2.49. The summed E-state index contributed by atoms with van der Waals surface area (Å²) in [5.41, 5.74) is 3.68. The number of benzene rings is 1. The van der Waals surface area contributed by atoms with Crippen LogP contribution >= 0.6 is 11.3 Å². The van der Waals surface area contributed by atoms with Gasteiger partial charge in [0.2, 0.25) is 0 Å². The van der Waals surface area contributed by atoms with Crippen molar-refractivity contribution < 1.29 is 13.2 Å². The van der Waals surface area contributed by atoms with Crippen molar-refractivity contribution in [2.45, 2.75) is 44.8 Å². The number of aromatic amines is 1. The Bertz CT molecular complexity index is 1340. The van der Waals surface area contributed by atoms with Gasteiger partial charge in [-0.2, -0.15) is 13.2 Å². The predicted molar refractivity (Wildman–Crippen MR) is 126 cm³/mol. The summed E-state index contributed by atoms with van der Waals surface area (Å²) in [4.78, 5) is 15.1. The SMILES string of the molecule is Cc1cc2ccc(NC3CCC4(C3)CN(c3ncnc5sc(CC(F)(F)F)cc35)C4)cc2[nH]1. The molecule has 4 heterocycles. The molecule has 1 atom stereocenters. The fraction of sp³-hybridized carbons (Fsp3) is 0.417. The van der Waals surface area contributed by atoms with E-state index in [2.05, 4.69) is 56.4 Å². The number of alkyl halides is 3. The van der Waals surface area contributed by atoms with Crippen LogP contribution in [-0.4, -0.2) is 40.3 Å². The normalized spacial score (nSPS) is 20.1. The molecule has 1 aliphatic carbocycles. The second-order valence-corrected chi connectivity index (χ2v) is 10.7. The van der Waals surface area contributed by atoms with Crippen LogP contribution in [0.25, 0.3) is 21.1 Å². The quantitative estimate of drug-likeness (QED) is 0.380. The molecule has 0 bridgehead atoms. The summed E-state index contributed by atoms with van der Waals surface area (Å²) >= 11 is 1.11. The molecule has 2 N–H and O–H groups in total. The molecule has 2 fully saturated rings. The van der Waals surface area contributed by atoms with E-state index in [4.69, 9.17) is 0 Å². The van der Waals surface area contributed by atoms with Gasteiger partial charge in [0.15, 0.2) is 0 Å². The Kier molecular flexibility index (Phi) is 4.62. The van der Waals surface area contributed by atoms with Crippen molar-refractivity contribution >= 4 is 44.0 Å². The largest absolute Gasteiger partial charge is 0.393 e. The molecule has 6 rings (SSSR count). The van der Waals surface area contributed by atoms with Gasteiger partial charge in [-0.1, -0.05) is 6.07 Å². The Hall–Kier alpha value is -2.81. The number of hydrogen-bond donors (Lipinski definition) is 2. The molecule has 1 aliphatic heterocycles. The minimum Gasteiger partial charge on any atom is -0.382 e. The average Bonchev–Trinajstić information content (AvgIpc) is 3.40. The van der Waals surface area contributed by atoms with E-state index in [9.17, 15) is 13.2 Å². The molecule has 9 heteroatoms. The van der Waals surface area contributed by atoms with E-state index >= 15 is 0 Å². The van der Waals surface area contributed by atoms with Crippen molar-refractivity contribution in [3.05, 3.63) is 47.2 Å². The number of H-pyrrole nitrogens is 1. The first-order chi connectivity index (χ1) is 15.8. The number of rotatable bonds is 4. The van der Waals surface area contributed by atoms with E-state index in [-0.39, 0.29) is 10.3 Å². The number of aryl methyl sites for hydroxylation is 1. The van der Waals surface area contributed by atoms with Gasteiger partial charge in [-0.25, -0.2) is 9.97 Å². The number of halogens is 3. The number of hydrogen-bond acceptors (Lipinski definition) is 5. The summed E-state index contributed by atoms with van der Waals surface area (Å²) in [6, 6.07) is 10.6. The lowest BCUT2D eigenvalue weighted by molar-refractivity contribution is -0.126. The molecule has 2 aliphatic rings. The number of thiophene rings is 1. The Balaban J connectivity index is 1.13. The number of nitrogens with zero attached hydrogens (tertiary/aromatic N) is 3. The van der Waals surface area contributed by atoms with Gasteiger partial charge >= 0.3 is 6.18 Å². The van der Waals surface area contributed by atoms with E-state index in [0.29, 0.717) is 10.9 Å². The topological polar surface area (TPSA) is 56.8 Å². The summed E-state index contributed by atoms with van der Waals surface area (Å²) in [5.74, 6) is 0.763. The predicted octanol–water partition coefficient (Wildman–Crippen LogP) is 6.06. The molecule has 1 unspecified atom stereocenters. The molecule has 0 amide bonds. The smallest absolute Gasteiger partial charge is 0.382 e. The number of anilines is 2. The van der Waals surface area contributed by atoms with Crippen molar-refractivity contribution in [1.29, 1.82) is 0 Å². The van der Waals surface area contributed by atoms with E-state index in [0.717, 1.165) is 71.8 Å². The Morgan fingerprint density at radius 2 is 2.06 bits per heavy atom. The zero-order valence-corrected chi connectivity index (χ0v) is 19.0. The summed E-state index contributed by atoms with van der Waals surface area (Å²) < 4.78 is 38.5. The Morgan fingerprint density at radius 3 is 2.88 bits per heavy atom. The minimum absolute atomic E-state index is 0.243. The molecule has 4 aromatic rings. The van der Waals surface area contributed by atoms with Gasteiger partial charge in [0.05, 0.1) is 11.8 Å². The molecular weight excluding hydrogens is 447 g/mol. The summed E-state index contributed by atoms with van der Waals surface area (Å²) in [5, 5.41) is 5.66. The average molecular weight is 472 g/mol. The van der Waals surface area contributed by atoms with Gasteiger partial charge in [-0.3, -0.25) is 0 Å². The van der Waals surface area contributed by atoms with Crippen LogP contribution in [0.2, 0.25) is 0 Å². The van der Waals surface area contributed by atoms with E-state index in [1.54, 1.807) is 6.07 Å². The molecule has 172 valence electrons. The van der Waals surface area contributed by atoms with Crippen molar-refractivity contribution in [3.63, 3.8) is 0 Å². The van der Waals surface area contributed by atoms with Crippen LogP contribution < -0.4 is 10.2 Å². The minimum atomic E-state index is -4.22. The number of nitrogens with one attached hydrogen (secondary N) is 2. The van der Waals surface area contributed by atoms with Crippen LogP contribution in [0, 0.1) is 12.3 Å². The third kappa shape index (κ3) is 3.92. The van der Waals surface area contributed by atoms with Crippen LogP contribution in [0.3, 0.4) is 0 Å². The molecule has 1 saturated carbocycles. The van der Waals surface area contributed by atoms with Gasteiger partial charge in [0.25, 0.3) is 0 Å². The Morgan fingerprint density at radius 1 is 1.21 bits per heavy atom. The fourth-order valence-electron chi connectivity index (χ4n) is 5.56. The van der Waals surface area contributed by atoms with Gasteiger partial charge < -0.3 is 15.2 Å². The van der Waals surface area contributed by atoms with Gasteiger partial charge in [0, 0.05) is 46.3 Å². The Labute approximate surface area is 193 Å². The van der Waals surface area contributed by atoms with E-state index in [1.165, 1.54) is 11.7 Å². The molecule has 0 radical (unpaired) electrons.